The molecule has 36 heavy (non-hydrogen) atoms. The molecule has 3 aromatic rings. The van der Waals surface area contributed by atoms with E-state index in [4.69, 9.17) is 14.5 Å². The fraction of sp³-hybridized carbons (Fsp3) is 0.538. The third-order valence-corrected chi connectivity index (χ3v) is 6.74. The zero-order valence-electron chi connectivity index (χ0n) is 21.7. The topological polar surface area (TPSA) is 106 Å². The molecule has 1 fully saturated rings. The normalized spacial score (nSPS) is 19.9. The van der Waals surface area contributed by atoms with E-state index < -0.39 is 5.60 Å². The molecule has 1 aliphatic carbocycles. The zero-order chi connectivity index (χ0) is 25.4. The van der Waals surface area contributed by atoms with Gasteiger partial charge in [-0.1, -0.05) is 0 Å². The molecule has 0 atom stereocenters. The summed E-state index contributed by atoms with van der Waals surface area (Å²) in [5.41, 5.74) is 3.76. The van der Waals surface area contributed by atoms with Gasteiger partial charge in [-0.15, -0.1) is 0 Å². The first kappa shape index (κ1) is 24.3. The molecule has 10 heteroatoms. The van der Waals surface area contributed by atoms with Gasteiger partial charge in [-0.2, -0.15) is 10.1 Å². The summed E-state index contributed by atoms with van der Waals surface area (Å²) in [5, 5.41) is 11.7. The lowest BCUT2D eigenvalue weighted by atomic mass is 9.80. The van der Waals surface area contributed by atoms with E-state index in [-0.39, 0.29) is 12.1 Å². The summed E-state index contributed by atoms with van der Waals surface area (Å²) in [6.45, 7) is 8.29. The van der Waals surface area contributed by atoms with Crippen LogP contribution in [0.25, 0.3) is 11.0 Å². The molecule has 0 bridgehead atoms. The highest BCUT2D eigenvalue weighted by molar-refractivity contribution is 5.76. The number of methoxy groups -OCH3 is 1. The lowest BCUT2D eigenvalue weighted by Crippen LogP contribution is -2.47. The van der Waals surface area contributed by atoms with E-state index in [1.54, 1.807) is 19.5 Å². The van der Waals surface area contributed by atoms with Crippen molar-refractivity contribution >= 4 is 28.8 Å². The summed E-state index contributed by atoms with van der Waals surface area (Å²) in [4.78, 5) is 23.6. The van der Waals surface area contributed by atoms with Crippen molar-refractivity contribution < 1.29 is 14.3 Å². The number of carbonyl (C=O) groups is 1. The predicted molar refractivity (Wildman–Crippen MR) is 138 cm³/mol. The Hall–Kier alpha value is -3.40. The Morgan fingerprint density at radius 2 is 2.00 bits per heavy atom. The van der Waals surface area contributed by atoms with Gasteiger partial charge in [-0.3, -0.25) is 0 Å². The van der Waals surface area contributed by atoms with Crippen molar-refractivity contribution in [2.24, 2.45) is 5.92 Å². The number of ether oxygens (including phenoxy) is 2. The van der Waals surface area contributed by atoms with Gasteiger partial charge < -0.3 is 25.0 Å². The summed E-state index contributed by atoms with van der Waals surface area (Å²) in [6.07, 6.45) is 6.02. The van der Waals surface area contributed by atoms with E-state index in [0.29, 0.717) is 11.9 Å². The fourth-order valence-corrected chi connectivity index (χ4v) is 4.90. The summed E-state index contributed by atoms with van der Waals surface area (Å²) in [5.74, 6) is 1.70. The fourth-order valence-electron chi connectivity index (χ4n) is 4.90. The van der Waals surface area contributed by atoms with Gasteiger partial charge in [0.15, 0.2) is 5.65 Å². The molecule has 1 saturated carbocycles. The number of nitrogens with one attached hydrogen (secondary N) is 2. The summed E-state index contributed by atoms with van der Waals surface area (Å²) >= 11 is 0. The molecular weight excluding hydrogens is 458 g/mol. The largest absolute Gasteiger partial charge is 0.495 e. The monoisotopic (exact) mass is 493 g/mol. The van der Waals surface area contributed by atoms with Gasteiger partial charge in [0.25, 0.3) is 0 Å². The minimum absolute atomic E-state index is 0.133. The number of hydrogen-bond acceptors (Lipinski definition) is 8. The molecule has 2 aliphatic rings. The highest BCUT2D eigenvalue weighted by Crippen LogP contribution is 2.33. The Morgan fingerprint density at radius 1 is 1.19 bits per heavy atom. The number of anilines is 2. The quantitative estimate of drug-likeness (QED) is 0.533. The van der Waals surface area contributed by atoms with Crippen LogP contribution >= 0.6 is 0 Å². The Bertz CT molecular complexity index is 1260. The number of benzene rings is 1. The van der Waals surface area contributed by atoms with Gasteiger partial charge in [-0.25, -0.2) is 14.5 Å². The average Bonchev–Trinajstić information content (AvgIpc) is 3.18. The second-order valence-electron chi connectivity index (χ2n) is 10.9. The molecule has 0 unspecified atom stereocenters. The highest BCUT2D eigenvalue weighted by Gasteiger charge is 2.32. The minimum Gasteiger partial charge on any atom is -0.495 e. The number of aromatic nitrogens is 4. The number of amides is 1. The van der Waals surface area contributed by atoms with E-state index >= 15 is 0 Å². The number of fused-ring (bicyclic) bond motifs is 2. The molecule has 5 rings (SSSR count). The Labute approximate surface area is 211 Å². The van der Waals surface area contributed by atoms with E-state index in [9.17, 15) is 4.79 Å². The van der Waals surface area contributed by atoms with Crippen LogP contribution in [-0.2, 0) is 24.2 Å². The number of hydrogen-bond donors (Lipinski definition) is 2. The van der Waals surface area contributed by atoms with Gasteiger partial charge in [0, 0.05) is 31.9 Å². The van der Waals surface area contributed by atoms with Crippen LogP contribution < -0.4 is 15.4 Å². The summed E-state index contributed by atoms with van der Waals surface area (Å²) < 4.78 is 12.9. The first-order valence-corrected chi connectivity index (χ1v) is 12.5. The van der Waals surface area contributed by atoms with Gasteiger partial charge in [0.1, 0.15) is 11.4 Å². The third-order valence-electron chi connectivity index (χ3n) is 6.74. The lowest BCUT2D eigenvalue weighted by Gasteiger charge is -2.36. The third kappa shape index (κ3) is 5.38. The van der Waals surface area contributed by atoms with E-state index in [1.165, 1.54) is 11.1 Å². The van der Waals surface area contributed by atoms with Crippen molar-refractivity contribution in [3.05, 3.63) is 35.7 Å². The van der Waals surface area contributed by atoms with Crippen LogP contribution in [-0.4, -0.2) is 63.1 Å². The molecule has 0 radical (unpaired) electrons. The molecule has 0 saturated heterocycles. The molecule has 1 aromatic carbocycles. The molecule has 10 nitrogen and oxygen atoms in total. The molecule has 1 aliphatic heterocycles. The lowest BCUT2D eigenvalue weighted by molar-refractivity contribution is 0.0445. The van der Waals surface area contributed by atoms with E-state index in [1.807, 2.05) is 25.5 Å². The van der Waals surface area contributed by atoms with E-state index in [0.717, 1.165) is 61.4 Å². The highest BCUT2D eigenvalue weighted by atomic mass is 16.6. The number of likely N-dealkylation sites (N-methyl/N-ethyl adjacent to an activating group) is 1. The molecule has 0 spiro atoms. The van der Waals surface area contributed by atoms with E-state index in [2.05, 4.69) is 44.8 Å². The van der Waals surface area contributed by atoms with Crippen LogP contribution in [0.5, 0.6) is 5.75 Å². The number of alkyl carbamates (subject to hydrolysis) is 1. The second kappa shape index (κ2) is 9.57. The van der Waals surface area contributed by atoms with Crippen molar-refractivity contribution in [3.63, 3.8) is 0 Å². The first-order chi connectivity index (χ1) is 17.2. The molecule has 2 N–H and O–H groups in total. The number of carbonyl (C=O) groups excluding carboxylic acids is 1. The maximum Gasteiger partial charge on any atom is 0.407 e. The summed E-state index contributed by atoms with van der Waals surface area (Å²) in [6, 6.07) is 4.39. The average molecular weight is 494 g/mol. The summed E-state index contributed by atoms with van der Waals surface area (Å²) in [7, 11) is 3.82. The van der Waals surface area contributed by atoms with Gasteiger partial charge >= 0.3 is 6.09 Å². The van der Waals surface area contributed by atoms with Crippen LogP contribution in [0.15, 0.2) is 24.5 Å². The number of nitrogens with zero attached hydrogens (tertiary/aromatic N) is 5. The first-order valence-electron chi connectivity index (χ1n) is 12.5. The van der Waals surface area contributed by atoms with Crippen LogP contribution in [0.3, 0.4) is 0 Å². The van der Waals surface area contributed by atoms with Gasteiger partial charge in [-0.05, 0) is 76.3 Å². The van der Waals surface area contributed by atoms with Crippen LogP contribution in [0.4, 0.5) is 16.4 Å². The predicted octanol–water partition coefficient (Wildman–Crippen LogP) is 3.87. The van der Waals surface area contributed by atoms with Crippen LogP contribution in [0.2, 0.25) is 0 Å². The van der Waals surface area contributed by atoms with Crippen molar-refractivity contribution in [3.8, 4) is 5.75 Å². The van der Waals surface area contributed by atoms with Gasteiger partial charge in [0.05, 0.1) is 24.4 Å². The van der Waals surface area contributed by atoms with Crippen molar-refractivity contribution in [1.29, 1.82) is 0 Å². The van der Waals surface area contributed by atoms with Crippen LogP contribution in [0, 0.1) is 5.92 Å². The van der Waals surface area contributed by atoms with Gasteiger partial charge in [0.2, 0.25) is 5.95 Å². The SMILES string of the molecule is COc1cc2c(cc1Nc1ncc3cnn(CC4CC(NC(=O)OC(C)(C)C)C4)c3n1)CN(C)CC2. The smallest absolute Gasteiger partial charge is 0.407 e. The minimum atomic E-state index is -0.494. The molecule has 3 heterocycles. The van der Waals surface area contributed by atoms with Crippen molar-refractivity contribution in [1.82, 2.24) is 30.0 Å². The Kier molecular flexibility index (Phi) is 6.46. The van der Waals surface area contributed by atoms with Crippen LogP contribution in [0.1, 0.15) is 44.7 Å². The maximum atomic E-state index is 12.0. The molecular formula is C26H35N7O3. The zero-order valence-corrected chi connectivity index (χ0v) is 21.7. The number of rotatable bonds is 6. The Balaban J connectivity index is 1.26. The molecule has 2 aromatic heterocycles. The second-order valence-corrected chi connectivity index (χ2v) is 10.9. The Morgan fingerprint density at radius 3 is 2.75 bits per heavy atom. The van der Waals surface area contributed by atoms with Crippen molar-refractivity contribution in [2.75, 3.05) is 26.0 Å². The molecule has 192 valence electrons. The molecule has 1 amide bonds. The standard InChI is InChI=1S/C26H35N7O3/c1-26(2,3)36-25(34)29-20-8-16(9-20)14-33-23-19(13-28-33)12-27-24(31-23)30-21-10-18-15-32(4)7-6-17(18)11-22(21)35-5/h10-13,16,20H,6-9,14-15H2,1-5H3,(H,29,34)(H,27,30,31). The maximum absolute atomic E-state index is 12.0. The van der Waals surface area contributed by atoms with Crippen molar-refractivity contribution in [2.45, 2.75) is 64.8 Å².